The molecule has 0 aromatic heterocycles. The Balaban J connectivity index is 1.46. The number of benzene rings is 3. The number of hydrogen-bond acceptors (Lipinski definition) is 8. The van der Waals surface area contributed by atoms with Crippen LogP contribution in [0.3, 0.4) is 0 Å². The van der Waals surface area contributed by atoms with Crippen molar-refractivity contribution < 1.29 is 37.8 Å². The second-order valence-corrected chi connectivity index (χ2v) is 8.07. The highest BCUT2D eigenvalue weighted by atomic mass is 19.1. The number of methoxy groups -OCH3 is 1. The molecule has 0 bridgehead atoms. The first-order chi connectivity index (χ1) is 19.3. The number of ether oxygens (including phenoxy) is 3. The van der Waals surface area contributed by atoms with E-state index in [-0.39, 0.29) is 13.2 Å². The molecule has 0 saturated carbocycles. The molecule has 0 radical (unpaired) electrons. The van der Waals surface area contributed by atoms with Gasteiger partial charge < -0.3 is 24.8 Å². The molecule has 3 aromatic carbocycles. The van der Waals surface area contributed by atoms with Gasteiger partial charge in [0.05, 0.1) is 25.5 Å². The van der Waals surface area contributed by atoms with Gasteiger partial charge in [-0.15, -0.1) is 0 Å². The lowest BCUT2D eigenvalue weighted by molar-refractivity contribution is -0.126. The third-order valence-corrected chi connectivity index (χ3v) is 5.08. The van der Waals surface area contributed by atoms with Crippen molar-refractivity contribution in [2.45, 2.75) is 13.3 Å². The summed E-state index contributed by atoms with van der Waals surface area (Å²) >= 11 is 0. The Bertz CT molecular complexity index is 1380. The number of halogens is 1. The molecule has 0 heterocycles. The van der Waals surface area contributed by atoms with Crippen molar-refractivity contribution in [3.8, 4) is 11.5 Å². The highest BCUT2D eigenvalue weighted by Gasteiger charge is 2.11. The maximum Gasteiger partial charge on any atom is 0.338 e. The largest absolute Gasteiger partial charge is 0.493 e. The van der Waals surface area contributed by atoms with Crippen molar-refractivity contribution in [3.63, 3.8) is 0 Å². The highest BCUT2D eigenvalue weighted by molar-refractivity contribution is 6.03. The maximum absolute atomic E-state index is 12.9. The third kappa shape index (κ3) is 9.24. The minimum atomic E-state index is -0.649. The van der Waals surface area contributed by atoms with Gasteiger partial charge in [-0.25, -0.2) is 14.6 Å². The van der Waals surface area contributed by atoms with Crippen LogP contribution in [0.4, 0.5) is 15.8 Å². The predicted octanol–water partition coefficient (Wildman–Crippen LogP) is 3.51. The van der Waals surface area contributed by atoms with Crippen LogP contribution in [0.2, 0.25) is 0 Å². The molecular formula is C28H27FN4O7. The molecule has 208 valence electrons. The lowest BCUT2D eigenvalue weighted by Gasteiger charge is -2.11. The van der Waals surface area contributed by atoms with Crippen LogP contribution in [0.15, 0.2) is 71.8 Å². The van der Waals surface area contributed by atoms with Crippen LogP contribution in [0.25, 0.3) is 0 Å². The van der Waals surface area contributed by atoms with Gasteiger partial charge in [0.25, 0.3) is 5.91 Å². The Morgan fingerprint density at radius 3 is 2.15 bits per heavy atom. The first kappa shape index (κ1) is 29.3. The normalized spacial score (nSPS) is 10.5. The summed E-state index contributed by atoms with van der Waals surface area (Å²) in [5, 5.41) is 8.97. The molecular weight excluding hydrogens is 523 g/mol. The number of esters is 1. The number of anilines is 2. The van der Waals surface area contributed by atoms with E-state index in [0.717, 1.165) is 0 Å². The van der Waals surface area contributed by atoms with Gasteiger partial charge in [-0.3, -0.25) is 14.4 Å². The van der Waals surface area contributed by atoms with E-state index in [9.17, 15) is 23.6 Å². The molecule has 3 aromatic rings. The van der Waals surface area contributed by atoms with E-state index in [1.54, 1.807) is 49.4 Å². The van der Waals surface area contributed by atoms with E-state index in [0.29, 0.717) is 34.0 Å². The molecule has 40 heavy (non-hydrogen) atoms. The molecule has 11 nitrogen and oxygen atoms in total. The van der Waals surface area contributed by atoms with E-state index < -0.39 is 35.9 Å². The van der Waals surface area contributed by atoms with E-state index >= 15 is 0 Å². The number of hydrazone groups is 1. The van der Waals surface area contributed by atoms with Crippen LogP contribution in [-0.2, 0) is 19.1 Å². The first-order valence-corrected chi connectivity index (χ1v) is 12.0. The molecule has 0 aliphatic carbocycles. The highest BCUT2D eigenvalue weighted by Crippen LogP contribution is 2.27. The first-order valence-electron chi connectivity index (χ1n) is 12.0. The van der Waals surface area contributed by atoms with E-state index in [1.165, 1.54) is 37.6 Å². The van der Waals surface area contributed by atoms with Gasteiger partial charge in [-0.05, 0) is 79.2 Å². The van der Waals surface area contributed by atoms with Gasteiger partial charge in [0.1, 0.15) is 12.2 Å². The molecule has 0 atom stereocenters. The number of amides is 3. The van der Waals surface area contributed by atoms with Gasteiger partial charge in [0.2, 0.25) is 11.8 Å². The third-order valence-electron chi connectivity index (χ3n) is 5.08. The molecule has 0 aliphatic rings. The summed E-state index contributed by atoms with van der Waals surface area (Å²) in [7, 11) is 1.43. The van der Waals surface area contributed by atoms with Gasteiger partial charge in [-0.2, -0.15) is 5.10 Å². The summed E-state index contributed by atoms with van der Waals surface area (Å²) in [5.74, 6) is -1.93. The van der Waals surface area contributed by atoms with Crippen LogP contribution in [0.1, 0.15) is 29.3 Å². The Hall–Kier alpha value is -5.26. The Morgan fingerprint density at radius 2 is 1.50 bits per heavy atom. The van der Waals surface area contributed by atoms with Crippen LogP contribution < -0.4 is 25.5 Å². The number of hydrogen-bond donors (Lipinski definition) is 3. The van der Waals surface area contributed by atoms with Crippen LogP contribution in [0.5, 0.6) is 11.5 Å². The number of carbonyl (C=O) groups excluding carboxylic acids is 4. The molecule has 0 unspecified atom stereocenters. The van der Waals surface area contributed by atoms with Crippen LogP contribution in [0, 0.1) is 5.82 Å². The zero-order chi connectivity index (χ0) is 28.9. The van der Waals surface area contributed by atoms with Crippen molar-refractivity contribution in [2.24, 2.45) is 5.10 Å². The minimum absolute atomic E-state index is 0.267. The smallest absolute Gasteiger partial charge is 0.338 e. The van der Waals surface area contributed by atoms with Gasteiger partial charge in [0, 0.05) is 11.4 Å². The van der Waals surface area contributed by atoms with E-state index in [2.05, 4.69) is 21.2 Å². The number of rotatable bonds is 12. The monoisotopic (exact) mass is 550 g/mol. The molecule has 3 N–H and O–H groups in total. The second-order valence-electron chi connectivity index (χ2n) is 8.07. The average Bonchev–Trinajstić information content (AvgIpc) is 2.94. The van der Waals surface area contributed by atoms with Gasteiger partial charge >= 0.3 is 5.97 Å². The molecule has 0 fully saturated rings. The fraction of sp³-hybridized carbons (Fsp3) is 0.179. The molecule has 0 spiro atoms. The standard InChI is InChI=1S/C28H27FN4O7/c1-3-39-28(37)19-5-9-21(10-6-19)32-27(36)17-40-23-13-4-18(14-24(23)38-2)16-30-33-26(35)15-25(34)31-22-11-7-20(29)8-12-22/h4-14,16H,3,15,17H2,1-2H3,(H,31,34)(H,32,36)(H,33,35). The topological polar surface area (TPSA) is 144 Å². The molecule has 0 saturated heterocycles. The summed E-state index contributed by atoms with van der Waals surface area (Å²) in [6.07, 6.45) is 0.858. The van der Waals surface area contributed by atoms with Crippen molar-refractivity contribution in [3.05, 3.63) is 83.7 Å². The van der Waals surface area contributed by atoms with Crippen LogP contribution in [-0.4, -0.2) is 50.2 Å². The lowest BCUT2D eigenvalue weighted by Crippen LogP contribution is -2.24. The number of nitrogens with zero attached hydrogens (tertiary/aromatic N) is 1. The van der Waals surface area contributed by atoms with Gasteiger partial charge in [0.15, 0.2) is 18.1 Å². The Kier molecular flexibility index (Phi) is 10.7. The average molecular weight is 551 g/mol. The van der Waals surface area contributed by atoms with Crippen molar-refractivity contribution in [2.75, 3.05) is 31.0 Å². The lowest BCUT2D eigenvalue weighted by atomic mass is 10.2. The maximum atomic E-state index is 12.9. The Labute approximate surface area is 229 Å². The van der Waals surface area contributed by atoms with E-state index in [4.69, 9.17) is 14.2 Å². The van der Waals surface area contributed by atoms with Crippen molar-refractivity contribution in [1.82, 2.24) is 5.43 Å². The number of carbonyl (C=O) groups is 4. The van der Waals surface area contributed by atoms with Crippen LogP contribution >= 0.6 is 0 Å². The summed E-state index contributed by atoms with van der Waals surface area (Å²) in [6, 6.07) is 16.2. The molecule has 3 amide bonds. The summed E-state index contributed by atoms with van der Waals surface area (Å²) in [5.41, 5.74) is 4.01. The van der Waals surface area contributed by atoms with Crippen molar-refractivity contribution in [1.29, 1.82) is 0 Å². The molecule has 3 rings (SSSR count). The zero-order valence-electron chi connectivity index (χ0n) is 21.7. The molecule has 0 aliphatic heterocycles. The van der Waals surface area contributed by atoms with E-state index in [1.807, 2.05) is 0 Å². The second kappa shape index (κ2) is 14.6. The summed E-state index contributed by atoms with van der Waals surface area (Å²) in [4.78, 5) is 47.9. The summed E-state index contributed by atoms with van der Waals surface area (Å²) < 4.78 is 28.7. The number of nitrogens with one attached hydrogen (secondary N) is 3. The van der Waals surface area contributed by atoms with Gasteiger partial charge in [-0.1, -0.05) is 0 Å². The fourth-order valence-electron chi connectivity index (χ4n) is 3.23. The Morgan fingerprint density at radius 1 is 0.850 bits per heavy atom. The minimum Gasteiger partial charge on any atom is -0.493 e. The summed E-state index contributed by atoms with van der Waals surface area (Å²) in [6.45, 7) is 1.68. The predicted molar refractivity (Wildman–Crippen MR) is 145 cm³/mol. The SMILES string of the molecule is CCOC(=O)c1ccc(NC(=O)COc2ccc(C=NNC(=O)CC(=O)Nc3ccc(F)cc3)cc2OC)cc1. The van der Waals surface area contributed by atoms with Crippen molar-refractivity contribution >= 4 is 41.3 Å². The molecule has 12 heteroatoms. The quantitative estimate of drug-likeness (QED) is 0.135. The zero-order valence-corrected chi connectivity index (χ0v) is 21.7. The fourth-order valence-corrected chi connectivity index (χ4v) is 3.23.